The number of carbonyl (C=O) groups excluding carboxylic acids is 1. The Bertz CT molecular complexity index is 740. The van der Waals surface area contributed by atoms with Gasteiger partial charge in [-0.3, -0.25) is 4.79 Å². The molecule has 1 N–H and O–H groups in total. The molecule has 0 bridgehead atoms. The molecule has 0 aromatic heterocycles. The summed E-state index contributed by atoms with van der Waals surface area (Å²) in [7, 11) is 0. The van der Waals surface area contributed by atoms with Crippen molar-refractivity contribution in [3.63, 3.8) is 0 Å². The van der Waals surface area contributed by atoms with Gasteiger partial charge in [0.25, 0.3) is 5.91 Å². The van der Waals surface area contributed by atoms with Crippen LogP contribution in [0.2, 0.25) is 0 Å². The minimum atomic E-state index is -0.411. The maximum absolute atomic E-state index is 13.4. The number of fused-ring (bicyclic) bond motifs is 1. The predicted molar refractivity (Wildman–Crippen MR) is 91.6 cm³/mol. The lowest BCUT2D eigenvalue weighted by molar-refractivity contribution is 0.0227. The molecule has 126 valence electrons. The number of hydrogen-bond donors (Lipinski definition) is 1. The molecule has 1 heterocycles. The number of hydrogen-bond acceptors (Lipinski definition) is 2. The molecule has 2 aromatic rings. The van der Waals surface area contributed by atoms with Crippen LogP contribution < -0.4 is 10.1 Å². The molecule has 1 aliphatic rings. The van der Waals surface area contributed by atoms with Gasteiger partial charge in [-0.15, -0.1) is 0 Å². The molecule has 0 saturated heterocycles. The van der Waals surface area contributed by atoms with Crippen LogP contribution in [-0.2, 0) is 0 Å². The van der Waals surface area contributed by atoms with Crippen molar-refractivity contribution in [1.29, 1.82) is 0 Å². The van der Waals surface area contributed by atoms with Crippen molar-refractivity contribution in [1.82, 2.24) is 5.32 Å². The Morgan fingerprint density at radius 3 is 2.67 bits per heavy atom. The van der Waals surface area contributed by atoms with Crippen LogP contribution in [0.25, 0.3) is 0 Å². The van der Waals surface area contributed by atoms with E-state index in [0.29, 0.717) is 12.0 Å². The third-order valence-corrected chi connectivity index (χ3v) is 4.88. The van der Waals surface area contributed by atoms with E-state index in [1.807, 2.05) is 24.3 Å². The van der Waals surface area contributed by atoms with Gasteiger partial charge in [-0.2, -0.15) is 0 Å². The molecule has 1 atom stereocenters. The summed E-state index contributed by atoms with van der Waals surface area (Å²) in [5, 5.41) is 3.06. The van der Waals surface area contributed by atoms with Crippen LogP contribution in [0.1, 0.15) is 55.1 Å². The molecule has 1 amide bonds. The normalized spacial score (nSPS) is 18.4. The highest BCUT2D eigenvalue weighted by Gasteiger charge is 2.38. The number of carbonyl (C=O) groups is 1. The van der Waals surface area contributed by atoms with Crippen LogP contribution >= 0.6 is 0 Å². The van der Waals surface area contributed by atoms with E-state index in [4.69, 9.17) is 4.74 Å². The molecular formula is C20H22FNO2. The maximum atomic E-state index is 13.4. The number of halogens is 1. The summed E-state index contributed by atoms with van der Waals surface area (Å²) >= 11 is 0. The van der Waals surface area contributed by atoms with Crippen LogP contribution in [0, 0.1) is 5.82 Å². The monoisotopic (exact) mass is 327 g/mol. The first-order valence-electron chi connectivity index (χ1n) is 8.41. The Hall–Kier alpha value is -2.36. The first-order chi connectivity index (χ1) is 11.6. The molecule has 4 heteroatoms. The van der Waals surface area contributed by atoms with E-state index >= 15 is 0 Å². The second-order valence-electron chi connectivity index (χ2n) is 6.27. The molecule has 2 aromatic carbocycles. The SMILES string of the molecule is CCC1(CC)C[C@H](NC(=O)c2cccc(F)c2)c2ccccc2O1. The Labute approximate surface area is 141 Å². The third kappa shape index (κ3) is 3.14. The van der Waals surface area contributed by atoms with Crippen molar-refractivity contribution < 1.29 is 13.9 Å². The van der Waals surface area contributed by atoms with Crippen molar-refractivity contribution in [2.75, 3.05) is 0 Å². The zero-order valence-corrected chi connectivity index (χ0v) is 14.0. The first kappa shape index (κ1) is 16.5. The topological polar surface area (TPSA) is 38.3 Å². The largest absolute Gasteiger partial charge is 0.487 e. The molecule has 0 saturated carbocycles. The average Bonchev–Trinajstić information content (AvgIpc) is 2.61. The molecule has 3 rings (SSSR count). The van der Waals surface area contributed by atoms with Gasteiger partial charge in [0.15, 0.2) is 0 Å². The van der Waals surface area contributed by atoms with E-state index in [-0.39, 0.29) is 17.6 Å². The van der Waals surface area contributed by atoms with E-state index in [1.165, 1.54) is 12.1 Å². The van der Waals surface area contributed by atoms with E-state index in [0.717, 1.165) is 24.2 Å². The smallest absolute Gasteiger partial charge is 0.251 e. The molecule has 3 nitrogen and oxygen atoms in total. The number of para-hydroxylation sites is 1. The molecule has 0 fully saturated rings. The van der Waals surface area contributed by atoms with E-state index in [9.17, 15) is 9.18 Å². The number of nitrogens with one attached hydrogen (secondary N) is 1. The van der Waals surface area contributed by atoms with E-state index in [2.05, 4.69) is 19.2 Å². The number of ether oxygens (including phenoxy) is 1. The lowest BCUT2D eigenvalue weighted by atomic mass is 9.83. The Morgan fingerprint density at radius 1 is 1.21 bits per heavy atom. The van der Waals surface area contributed by atoms with Crippen LogP contribution in [0.15, 0.2) is 48.5 Å². The summed E-state index contributed by atoms with van der Waals surface area (Å²) in [6, 6.07) is 13.4. The van der Waals surface area contributed by atoms with Gasteiger partial charge in [0.2, 0.25) is 0 Å². The molecular weight excluding hydrogens is 305 g/mol. The third-order valence-electron chi connectivity index (χ3n) is 4.88. The standard InChI is InChI=1S/C20H22FNO2/c1-3-20(4-2)13-17(16-10-5-6-11-18(16)24-20)22-19(23)14-8-7-9-15(21)12-14/h5-12,17H,3-4,13H2,1-2H3,(H,22,23)/t17-/m0/s1. The van der Waals surface area contributed by atoms with Crippen LogP contribution in [0.4, 0.5) is 4.39 Å². The summed E-state index contributed by atoms with van der Waals surface area (Å²) in [5.74, 6) is 0.140. The number of rotatable bonds is 4. The maximum Gasteiger partial charge on any atom is 0.251 e. The highest BCUT2D eigenvalue weighted by Crippen LogP contribution is 2.42. The summed E-state index contributed by atoms with van der Waals surface area (Å²) in [6.45, 7) is 4.20. The van der Waals surface area contributed by atoms with Gasteiger partial charge in [-0.05, 0) is 37.1 Å². The zero-order chi connectivity index (χ0) is 17.2. The van der Waals surface area contributed by atoms with Gasteiger partial charge < -0.3 is 10.1 Å². The highest BCUT2D eigenvalue weighted by atomic mass is 19.1. The van der Waals surface area contributed by atoms with Gasteiger partial charge in [-0.1, -0.05) is 38.1 Å². The zero-order valence-electron chi connectivity index (χ0n) is 14.0. The highest BCUT2D eigenvalue weighted by molar-refractivity contribution is 5.94. The minimum Gasteiger partial charge on any atom is -0.487 e. The second-order valence-corrected chi connectivity index (χ2v) is 6.27. The van der Waals surface area contributed by atoms with Crippen LogP contribution in [-0.4, -0.2) is 11.5 Å². The fourth-order valence-electron chi connectivity index (χ4n) is 3.30. The van der Waals surface area contributed by atoms with Gasteiger partial charge in [0.1, 0.15) is 17.2 Å². The summed E-state index contributed by atoms with van der Waals surface area (Å²) in [4.78, 5) is 12.5. The van der Waals surface area contributed by atoms with Crippen molar-refractivity contribution >= 4 is 5.91 Å². The van der Waals surface area contributed by atoms with Gasteiger partial charge in [0.05, 0.1) is 6.04 Å². The quantitative estimate of drug-likeness (QED) is 0.888. The fourth-order valence-corrected chi connectivity index (χ4v) is 3.30. The van der Waals surface area contributed by atoms with Crippen molar-refractivity contribution in [3.8, 4) is 5.75 Å². The fraction of sp³-hybridized carbons (Fsp3) is 0.350. The van der Waals surface area contributed by atoms with Crippen molar-refractivity contribution in [3.05, 3.63) is 65.5 Å². The van der Waals surface area contributed by atoms with Gasteiger partial charge in [0, 0.05) is 17.5 Å². The molecule has 1 aliphatic heterocycles. The van der Waals surface area contributed by atoms with E-state index in [1.54, 1.807) is 12.1 Å². The molecule has 0 aliphatic carbocycles. The van der Waals surface area contributed by atoms with Crippen molar-refractivity contribution in [2.24, 2.45) is 0 Å². The molecule has 0 unspecified atom stereocenters. The predicted octanol–water partition coefficient (Wildman–Crippen LogP) is 4.64. The lowest BCUT2D eigenvalue weighted by Gasteiger charge is -2.41. The van der Waals surface area contributed by atoms with Crippen LogP contribution in [0.5, 0.6) is 5.75 Å². The van der Waals surface area contributed by atoms with Crippen LogP contribution in [0.3, 0.4) is 0 Å². The first-order valence-corrected chi connectivity index (χ1v) is 8.41. The molecule has 0 spiro atoms. The average molecular weight is 327 g/mol. The summed E-state index contributed by atoms with van der Waals surface area (Å²) in [5.41, 5.74) is 1.02. The number of benzene rings is 2. The molecule has 0 radical (unpaired) electrons. The van der Waals surface area contributed by atoms with Crippen molar-refractivity contribution in [2.45, 2.75) is 44.8 Å². The van der Waals surface area contributed by atoms with Gasteiger partial charge in [-0.25, -0.2) is 4.39 Å². The van der Waals surface area contributed by atoms with Gasteiger partial charge >= 0.3 is 0 Å². The Kier molecular flexibility index (Phi) is 4.56. The van der Waals surface area contributed by atoms with E-state index < -0.39 is 5.82 Å². The second kappa shape index (κ2) is 6.63. The number of amides is 1. The summed E-state index contributed by atoms with van der Waals surface area (Å²) < 4.78 is 19.6. The molecule has 24 heavy (non-hydrogen) atoms. The minimum absolute atomic E-state index is 0.148. The lowest BCUT2D eigenvalue weighted by Crippen LogP contribution is -2.44. The summed E-state index contributed by atoms with van der Waals surface area (Å²) in [6.07, 6.45) is 2.44. The Balaban J connectivity index is 1.90. The Morgan fingerprint density at radius 2 is 1.96 bits per heavy atom.